The molecule has 0 aliphatic rings. The first-order valence-electron chi connectivity index (χ1n) is 13.8. The Balaban J connectivity index is 1.21. The number of hydrogen-bond acceptors (Lipinski definition) is 7. The molecular formula is C33H22F4N4O4S. The molecule has 0 atom stereocenters. The lowest BCUT2D eigenvalue weighted by molar-refractivity contribution is -0.143. The molecule has 0 radical (unpaired) electrons. The molecule has 1 N–H and O–H groups in total. The van der Waals surface area contributed by atoms with Crippen LogP contribution < -0.4 is 10.1 Å². The molecule has 46 heavy (non-hydrogen) atoms. The number of anilines is 1. The first-order chi connectivity index (χ1) is 22.1. The largest absolute Gasteiger partial charge is 0.462 e. The summed E-state index contributed by atoms with van der Waals surface area (Å²) in [6, 6.07) is 21.4. The van der Waals surface area contributed by atoms with E-state index in [1.54, 1.807) is 55.5 Å². The van der Waals surface area contributed by atoms with Gasteiger partial charge >= 0.3 is 12.1 Å². The summed E-state index contributed by atoms with van der Waals surface area (Å²) in [7, 11) is 0. The number of esters is 1. The van der Waals surface area contributed by atoms with Gasteiger partial charge < -0.3 is 14.8 Å². The van der Waals surface area contributed by atoms with Gasteiger partial charge in [0.15, 0.2) is 17.3 Å². The van der Waals surface area contributed by atoms with Crippen LogP contribution in [-0.2, 0) is 10.9 Å². The van der Waals surface area contributed by atoms with Gasteiger partial charge in [-0.05, 0) is 55.0 Å². The molecule has 0 spiro atoms. The van der Waals surface area contributed by atoms with E-state index >= 15 is 4.39 Å². The van der Waals surface area contributed by atoms with Crippen molar-refractivity contribution in [1.82, 2.24) is 14.8 Å². The lowest BCUT2D eigenvalue weighted by atomic mass is 10.1. The van der Waals surface area contributed by atoms with Crippen molar-refractivity contribution in [2.24, 2.45) is 0 Å². The van der Waals surface area contributed by atoms with Gasteiger partial charge in [0.1, 0.15) is 5.75 Å². The highest BCUT2D eigenvalue weighted by Gasteiger charge is 2.40. The zero-order valence-electron chi connectivity index (χ0n) is 23.8. The number of alkyl halides is 3. The minimum atomic E-state index is -4.90. The predicted molar refractivity (Wildman–Crippen MR) is 164 cm³/mol. The van der Waals surface area contributed by atoms with Gasteiger partial charge in [0.25, 0.3) is 5.91 Å². The summed E-state index contributed by atoms with van der Waals surface area (Å²) in [4.78, 5) is 30.1. The summed E-state index contributed by atoms with van der Waals surface area (Å²) in [5.41, 5.74) is -0.0867. The Morgan fingerprint density at radius 3 is 2.41 bits per heavy atom. The number of rotatable bonds is 8. The first-order valence-corrected chi connectivity index (χ1v) is 14.6. The number of thiophene rings is 1. The topological polar surface area (TPSA) is 95.3 Å². The fraction of sp³-hybridized carbons (Fsp3) is 0.0909. The molecule has 3 aromatic carbocycles. The minimum absolute atomic E-state index is 0.0833. The van der Waals surface area contributed by atoms with Crippen molar-refractivity contribution in [3.8, 4) is 27.6 Å². The molecule has 0 saturated carbocycles. The third kappa shape index (κ3) is 6.17. The molecule has 3 aromatic heterocycles. The standard InChI is InChI=1S/C33H22F4N4O4S/c1-2-44-32(43)20-10-8-19(9-11-20)28-17-25-29(46-28)27(14-15-38-25)45-26-13-12-21(16-24(26)34)40-31(42)23-18-39-41(30(23)33(35,36)37)22-6-4-3-5-7-22/h3-18H,2H2,1H3,(H,40,42). The number of pyridine rings is 1. The normalized spacial score (nSPS) is 11.4. The molecule has 1 amide bonds. The number of fused-ring (bicyclic) bond motifs is 1. The number of halogens is 4. The van der Waals surface area contributed by atoms with Crippen LogP contribution in [0.5, 0.6) is 11.5 Å². The predicted octanol–water partition coefficient (Wildman–Crippen LogP) is 8.53. The molecule has 8 nitrogen and oxygen atoms in total. The van der Waals surface area contributed by atoms with Gasteiger partial charge in [-0.1, -0.05) is 30.3 Å². The Labute approximate surface area is 262 Å². The third-order valence-electron chi connectivity index (χ3n) is 6.75. The molecule has 13 heteroatoms. The zero-order valence-corrected chi connectivity index (χ0v) is 24.7. The molecular weight excluding hydrogens is 624 g/mol. The van der Waals surface area contributed by atoms with Gasteiger partial charge in [-0.3, -0.25) is 9.78 Å². The number of amides is 1. The van der Waals surface area contributed by atoms with Crippen molar-refractivity contribution in [1.29, 1.82) is 0 Å². The van der Waals surface area contributed by atoms with Crippen LogP contribution in [0.15, 0.2) is 97.3 Å². The van der Waals surface area contributed by atoms with E-state index in [2.05, 4.69) is 15.4 Å². The number of nitrogens with one attached hydrogen (secondary N) is 1. The number of aromatic nitrogens is 3. The fourth-order valence-electron chi connectivity index (χ4n) is 4.65. The quantitative estimate of drug-likeness (QED) is 0.132. The van der Waals surface area contributed by atoms with E-state index < -0.39 is 35.1 Å². The highest BCUT2D eigenvalue weighted by Crippen LogP contribution is 2.40. The molecule has 0 unspecified atom stereocenters. The number of carbonyl (C=O) groups excluding carboxylic acids is 2. The van der Waals surface area contributed by atoms with Crippen LogP contribution in [0.25, 0.3) is 26.3 Å². The van der Waals surface area contributed by atoms with E-state index in [0.29, 0.717) is 26.2 Å². The summed E-state index contributed by atoms with van der Waals surface area (Å²) in [6.45, 7) is 2.00. The van der Waals surface area contributed by atoms with E-state index in [-0.39, 0.29) is 23.7 Å². The SMILES string of the molecule is CCOC(=O)c1ccc(-c2cc3nccc(Oc4ccc(NC(=O)c5cnn(-c6ccccc6)c5C(F)(F)F)cc4F)c3s2)cc1. The van der Waals surface area contributed by atoms with E-state index in [0.717, 1.165) is 22.7 Å². The Morgan fingerprint density at radius 2 is 1.72 bits per heavy atom. The molecule has 0 aliphatic carbocycles. The number of ether oxygens (including phenoxy) is 2. The highest BCUT2D eigenvalue weighted by molar-refractivity contribution is 7.22. The number of benzene rings is 3. The maximum absolute atomic E-state index is 15.2. The van der Waals surface area contributed by atoms with E-state index in [9.17, 15) is 22.8 Å². The first kappa shape index (κ1) is 30.5. The van der Waals surface area contributed by atoms with Crippen molar-refractivity contribution in [3.63, 3.8) is 0 Å². The molecule has 0 saturated heterocycles. The summed E-state index contributed by atoms with van der Waals surface area (Å²) in [5.74, 6) is -2.24. The summed E-state index contributed by atoms with van der Waals surface area (Å²) in [5, 5.41) is 6.09. The average Bonchev–Trinajstić information content (AvgIpc) is 3.69. The fourth-order valence-corrected chi connectivity index (χ4v) is 5.72. The monoisotopic (exact) mass is 646 g/mol. The Hall–Kier alpha value is -5.56. The van der Waals surface area contributed by atoms with Gasteiger partial charge in [0.05, 0.1) is 39.8 Å². The Bertz CT molecular complexity index is 2060. The second-order valence-electron chi connectivity index (χ2n) is 9.79. The highest BCUT2D eigenvalue weighted by atomic mass is 32.1. The molecule has 6 aromatic rings. The average molecular weight is 647 g/mol. The maximum atomic E-state index is 15.2. The second kappa shape index (κ2) is 12.4. The van der Waals surface area contributed by atoms with Gasteiger partial charge in [-0.25, -0.2) is 13.9 Å². The molecule has 3 heterocycles. The van der Waals surface area contributed by atoms with Gasteiger partial charge in [0, 0.05) is 28.9 Å². The van der Waals surface area contributed by atoms with Crippen LogP contribution in [0.4, 0.5) is 23.2 Å². The zero-order chi connectivity index (χ0) is 32.4. The number of carbonyl (C=O) groups is 2. The van der Waals surface area contributed by atoms with Crippen molar-refractivity contribution >= 4 is 39.1 Å². The second-order valence-corrected chi connectivity index (χ2v) is 10.8. The summed E-state index contributed by atoms with van der Waals surface area (Å²) in [6.07, 6.45) is -2.57. The summed E-state index contributed by atoms with van der Waals surface area (Å²) < 4.78 is 69.3. The smallest absolute Gasteiger partial charge is 0.434 e. The van der Waals surface area contributed by atoms with Gasteiger partial charge in [0.2, 0.25) is 0 Å². The van der Waals surface area contributed by atoms with Crippen molar-refractivity contribution < 1.29 is 36.6 Å². The molecule has 0 aliphatic heterocycles. The molecule has 0 bridgehead atoms. The Kier molecular flexibility index (Phi) is 8.24. The minimum Gasteiger partial charge on any atom is -0.462 e. The van der Waals surface area contributed by atoms with Crippen LogP contribution >= 0.6 is 11.3 Å². The molecule has 6 rings (SSSR count). The number of para-hydroxylation sites is 1. The lowest BCUT2D eigenvalue weighted by Gasteiger charge is -2.13. The maximum Gasteiger partial charge on any atom is 0.434 e. The van der Waals surface area contributed by atoms with E-state index in [4.69, 9.17) is 9.47 Å². The number of nitrogens with zero attached hydrogens (tertiary/aromatic N) is 3. The van der Waals surface area contributed by atoms with Crippen LogP contribution in [-0.4, -0.2) is 33.2 Å². The van der Waals surface area contributed by atoms with Crippen molar-refractivity contribution in [3.05, 3.63) is 120 Å². The molecule has 232 valence electrons. The van der Waals surface area contributed by atoms with Crippen LogP contribution in [0.3, 0.4) is 0 Å². The van der Waals surface area contributed by atoms with Gasteiger partial charge in [-0.15, -0.1) is 11.3 Å². The van der Waals surface area contributed by atoms with Crippen LogP contribution in [0.1, 0.15) is 33.3 Å². The van der Waals surface area contributed by atoms with Crippen LogP contribution in [0.2, 0.25) is 0 Å². The summed E-state index contributed by atoms with van der Waals surface area (Å²) >= 11 is 1.36. The van der Waals surface area contributed by atoms with E-state index in [1.807, 2.05) is 6.07 Å². The van der Waals surface area contributed by atoms with Crippen molar-refractivity contribution in [2.45, 2.75) is 13.1 Å². The molecule has 0 fully saturated rings. The van der Waals surface area contributed by atoms with Crippen molar-refractivity contribution in [2.75, 3.05) is 11.9 Å². The Morgan fingerprint density at radius 1 is 0.957 bits per heavy atom. The van der Waals surface area contributed by atoms with Crippen LogP contribution in [0, 0.1) is 5.82 Å². The number of hydrogen-bond donors (Lipinski definition) is 1. The van der Waals surface area contributed by atoms with Gasteiger partial charge in [-0.2, -0.15) is 18.3 Å². The lowest BCUT2D eigenvalue weighted by Crippen LogP contribution is -2.20. The third-order valence-corrected chi connectivity index (χ3v) is 7.94. The van der Waals surface area contributed by atoms with E-state index in [1.165, 1.54) is 41.8 Å².